The third kappa shape index (κ3) is 8.35. The lowest BCUT2D eigenvalue weighted by molar-refractivity contribution is -0.0432. The summed E-state index contributed by atoms with van der Waals surface area (Å²) in [5, 5.41) is 10.6. The molecule has 0 spiro atoms. The number of anilines is 1. The van der Waals surface area contributed by atoms with E-state index in [9.17, 15) is 10.1 Å². The van der Waals surface area contributed by atoms with E-state index in [1.807, 2.05) is 0 Å². The van der Waals surface area contributed by atoms with Crippen LogP contribution in [-0.4, -0.2) is 45.0 Å². The van der Waals surface area contributed by atoms with Gasteiger partial charge in [-0.1, -0.05) is 95.9 Å². The van der Waals surface area contributed by atoms with Crippen molar-refractivity contribution in [3.05, 3.63) is 22.7 Å². The van der Waals surface area contributed by atoms with Crippen LogP contribution in [0.15, 0.2) is 17.1 Å². The molecule has 1 aliphatic heterocycles. The molecular formula is C32H60N4O4Si2. The van der Waals surface area contributed by atoms with Crippen molar-refractivity contribution in [2.45, 2.75) is 149 Å². The minimum Gasteiger partial charge on any atom is -0.414 e. The van der Waals surface area contributed by atoms with Crippen LogP contribution in [0.5, 0.6) is 0 Å². The summed E-state index contributed by atoms with van der Waals surface area (Å²) in [6, 6.07) is 6.16. The number of ether oxygens (including phenoxy) is 1. The van der Waals surface area contributed by atoms with E-state index >= 15 is 0 Å². The SMILES string of the molecule is CC(C)CC[Si](OC[C@H]1O[C@@H](n2ccc(N)nc2=O)[C@@H](C#N)[C@@H]1O[Si](CCC(C)C)(C(C)C)C(C)C)(C(C)C)C(C)C. The van der Waals surface area contributed by atoms with Gasteiger partial charge in [-0.15, -0.1) is 0 Å². The third-order valence-corrected chi connectivity index (χ3v) is 21.0. The molecule has 2 N–H and O–H groups in total. The second-order valence-corrected chi connectivity index (χ2v) is 24.5. The van der Waals surface area contributed by atoms with Crippen LogP contribution in [0.4, 0.5) is 5.82 Å². The molecule has 0 bridgehead atoms. The predicted octanol–water partition coefficient (Wildman–Crippen LogP) is 7.89. The van der Waals surface area contributed by atoms with Crippen LogP contribution in [0.2, 0.25) is 34.3 Å². The molecule has 1 fully saturated rings. The smallest absolute Gasteiger partial charge is 0.351 e. The molecule has 8 nitrogen and oxygen atoms in total. The highest BCUT2D eigenvalue weighted by atomic mass is 28.4. The number of nitrogen functional groups attached to an aromatic ring is 1. The van der Waals surface area contributed by atoms with Crippen LogP contribution in [0.3, 0.4) is 0 Å². The van der Waals surface area contributed by atoms with Gasteiger partial charge in [-0.25, -0.2) is 4.79 Å². The first kappa shape index (κ1) is 36.7. The average molecular weight is 621 g/mol. The Morgan fingerprint density at radius 1 is 0.929 bits per heavy atom. The Bertz CT molecular complexity index is 1070. The number of aromatic nitrogens is 2. The molecule has 0 radical (unpaired) electrons. The summed E-state index contributed by atoms with van der Waals surface area (Å²) >= 11 is 0. The first-order valence-corrected chi connectivity index (χ1v) is 20.8. The fraction of sp³-hybridized carbons (Fsp3) is 0.844. The topological polar surface area (TPSA) is 112 Å². The van der Waals surface area contributed by atoms with E-state index in [1.54, 1.807) is 12.3 Å². The molecule has 2 heterocycles. The highest BCUT2D eigenvalue weighted by Crippen LogP contribution is 2.46. The van der Waals surface area contributed by atoms with Gasteiger partial charge < -0.3 is 19.3 Å². The summed E-state index contributed by atoms with van der Waals surface area (Å²) < 4.78 is 22.5. The highest BCUT2D eigenvalue weighted by molar-refractivity contribution is 6.77. The van der Waals surface area contributed by atoms with Gasteiger partial charge in [0, 0.05) is 6.20 Å². The summed E-state index contributed by atoms with van der Waals surface area (Å²) in [7, 11) is -4.58. The zero-order valence-electron chi connectivity index (χ0n) is 28.5. The Labute approximate surface area is 258 Å². The summed E-state index contributed by atoms with van der Waals surface area (Å²) in [6.07, 6.45) is 1.97. The first-order chi connectivity index (χ1) is 19.5. The normalized spacial score (nSPS) is 21.9. The number of rotatable bonds is 16. The lowest BCUT2D eigenvalue weighted by Crippen LogP contribution is -2.52. The van der Waals surface area contributed by atoms with E-state index in [2.05, 4.69) is 94.1 Å². The van der Waals surface area contributed by atoms with Crippen molar-refractivity contribution in [1.29, 1.82) is 5.26 Å². The molecule has 1 saturated heterocycles. The van der Waals surface area contributed by atoms with Gasteiger partial charge in [0.05, 0.1) is 18.8 Å². The molecule has 2 rings (SSSR count). The number of nitriles is 1. The second kappa shape index (κ2) is 15.5. The second-order valence-electron chi connectivity index (χ2n) is 14.5. The number of nitrogens with two attached hydrogens (primary N) is 1. The fourth-order valence-electron chi connectivity index (χ4n) is 6.76. The lowest BCUT2D eigenvalue weighted by atomic mass is 10.0. The quantitative estimate of drug-likeness (QED) is 0.187. The van der Waals surface area contributed by atoms with Crippen molar-refractivity contribution in [2.75, 3.05) is 12.3 Å². The van der Waals surface area contributed by atoms with Gasteiger partial charge in [-0.05, 0) is 52.2 Å². The summed E-state index contributed by atoms with van der Waals surface area (Å²) in [5.74, 6) is 0.610. The molecule has 1 aliphatic rings. The van der Waals surface area contributed by atoms with E-state index < -0.39 is 46.7 Å². The third-order valence-electron chi connectivity index (χ3n) is 9.62. The molecule has 0 amide bonds. The van der Waals surface area contributed by atoms with Gasteiger partial charge in [0.1, 0.15) is 17.8 Å². The van der Waals surface area contributed by atoms with E-state index in [-0.39, 0.29) is 5.82 Å². The Balaban J connectivity index is 2.60. The van der Waals surface area contributed by atoms with Gasteiger partial charge in [0.15, 0.2) is 22.9 Å². The average Bonchev–Trinajstić information content (AvgIpc) is 3.22. The van der Waals surface area contributed by atoms with Gasteiger partial charge in [-0.2, -0.15) is 10.2 Å². The maximum atomic E-state index is 13.0. The molecule has 4 atom stereocenters. The molecule has 0 aliphatic carbocycles. The Morgan fingerprint density at radius 2 is 1.43 bits per heavy atom. The predicted molar refractivity (Wildman–Crippen MR) is 177 cm³/mol. The number of nitrogens with zero attached hydrogens (tertiary/aromatic N) is 3. The molecule has 1 aromatic rings. The molecule has 0 aromatic carbocycles. The maximum absolute atomic E-state index is 13.0. The molecule has 1 aromatic heterocycles. The van der Waals surface area contributed by atoms with Crippen molar-refractivity contribution < 1.29 is 13.6 Å². The number of hydrogen-bond donors (Lipinski definition) is 1. The van der Waals surface area contributed by atoms with Gasteiger partial charge in [0.25, 0.3) is 0 Å². The van der Waals surface area contributed by atoms with Crippen molar-refractivity contribution in [3.8, 4) is 6.07 Å². The van der Waals surface area contributed by atoms with Gasteiger partial charge in [-0.3, -0.25) is 4.57 Å². The van der Waals surface area contributed by atoms with Gasteiger partial charge >= 0.3 is 5.69 Å². The van der Waals surface area contributed by atoms with Crippen LogP contribution >= 0.6 is 0 Å². The Kier molecular flexibility index (Phi) is 13.5. The van der Waals surface area contributed by atoms with E-state index in [0.717, 1.165) is 24.9 Å². The number of hydrogen-bond acceptors (Lipinski definition) is 7. The molecule has 10 heteroatoms. The van der Waals surface area contributed by atoms with Crippen LogP contribution in [0.25, 0.3) is 0 Å². The van der Waals surface area contributed by atoms with Crippen LogP contribution < -0.4 is 11.4 Å². The first-order valence-electron chi connectivity index (χ1n) is 16.2. The van der Waals surface area contributed by atoms with E-state index in [4.69, 9.17) is 19.3 Å². The Hall–Kier alpha value is -1.52. The van der Waals surface area contributed by atoms with Crippen LogP contribution in [-0.2, 0) is 13.6 Å². The van der Waals surface area contributed by atoms with Gasteiger partial charge in [0.2, 0.25) is 0 Å². The molecule has 0 unspecified atom stereocenters. The highest BCUT2D eigenvalue weighted by Gasteiger charge is 2.54. The van der Waals surface area contributed by atoms with E-state index in [0.29, 0.717) is 40.6 Å². The lowest BCUT2D eigenvalue weighted by Gasteiger charge is -2.44. The zero-order chi connectivity index (χ0) is 32.0. The summed E-state index contributed by atoms with van der Waals surface area (Å²) in [4.78, 5) is 16.9. The maximum Gasteiger partial charge on any atom is 0.351 e. The van der Waals surface area contributed by atoms with Crippen molar-refractivity contribution in [2.24, 2.45) is 17.8 Å². The standard InChI is InChI=1S/C32H60N4O4Si2/c1-21(2)14-17-41(23(5)6,24(7)8)38-20-28-30(40-42(25(9)10,26(11)12)18-15-22(3)4)27(19-33)31(39-28)36-16-13-29(34)35-32(36)37/h13,16,21-28,30-31H,14-15,17-18,20H2,1-12H3,(H2,34,35,37)/t27-,28+,30-,31+/m0/s1. The fourth-order valence-corrected chi connectivity index (χ4v) is 16.5. The monoisotopic (exact) mass is 620 g/mol. The minimum absolute atomic E-state index is 0.143. The minimum atomic E-state index is -2.38. The van der Waals surface area contributed by atoms with Crippen molar-refractivity contribution >= 4 is 22.5 Å². The summed E-state index contributed by atoms with van der Waals surface area (Å²) in [5.41, 5.74) is 6.82. The summed E-state index contributed by atoms with van der Waals surface area (Å²) in [6.45, 7) is 27.6. The molecule has 0 saturated carbocycles. The molecule has 42 heavy (non-hydrogen) atoms. The van der Waals surface area contributed by atoms with E-state index in [1.165, 1.54) is 4.57 Å². The van der Waals surface area contributed by atoms with Crippen LogP contribution in [0, 0.1) is 29.1 Å². The van der Waals surface area contributed by atoms with Crippen molar-refractivity contribution in [1.82, 2.24) is 9.55 Å². The van der Waals surface area contributed by atoms with Crippen molar-refractivity contribution in [3.63, 3.8) is 0 Å². The molecule has 240 valence electrons. The largest absolute Gasteiger partial charge is 0.414 e. The Morgan fingerprint density at radius 3 is 1.86 bits per heavy atom. The molecular weight excluding hydrogens is 561 g/mol. The van der Waals surface area contributed by atoms with Crippen LogP contribution in [0.1, 0.15) is 102 Å². The zero-order valence-corrected chi connectivity index (χ0v) is 30.5.